The maximum absolute atomic E-state index is 12.8. The van der Waals surface area contributed by atoms with E-state index in [1.165, 1.54) is 4.88 Å². The normalized spacial score (nSPS) is 22.6. The molecule has 3 rings (SSSR count). The molecule has 0 unspecified atom stereocenters. The first-order valence-corrected chi connectivity index (χ1v) is 11.1. The van der Waals surface area contributed by atoms with E-state index in [-0.39, 0.29) is 0 Å². The van der Waals surface area contributed by atoms with Crippen LogP contribution in [0.3, 0.4) is 0 Å². The van der Waals surface area contributed by atoms with Crippen molar-refractivity contribution in [3.63, 3.8) is 0 Å². The minimum absolute atomic E-state index is 0.585. The van der Waals surface area contributed by atoms with Crippen LogP contribution in [0, 0.1) is 13.8 Å². The fraction of sp³-hybridized carbons (Fsp3) is 0.812. The summed E-state index contributed by atoms with van der Waals surface area (Å²) >= 11 is 1.75. The maximum Gasteiger partial charge on any atom is 0.282 e. The van der Waals surface area contributed by atoms with Gasteiger partial charge in [-0.25, -0.2) is 4.98 Å². The van der Waals surface area contributed by atoms with Crippen molar-refractivity contribution in [1.29, 1.82) is 0 Å². The summed E-state index contributed by atoms with van der Waals surface area (Å²) in [6.07, 6.45) is 4.01. The van der Waals surface area contributed by atoms with Gasteiger partial charge < -0.3 is 0 Å². The Labute approximate surface area is 149 Å². The van der Waals surface area contributed by atoms with Gasteiger partial charge in [-0.05, 0) is 39.7 Å². The summed E-state index contributed by atoms with van der Waals surface area (Å²) in [5.74, 6) is 0. The van der Waals surface area contributed by atoms with Crippen molar-refractivity contribution in [2.24, 2.45) is 0 Å². The van der Waals surface area contributed by atoms with Gasteiger partial charge in [0.05, 0.1) is 12.2 Å². The molecule has 136 valence electrons. The SMILES string of the molecule is Cc1nc(CN2CCCN(S(=O)(=O)N3CCCCC3)CC2)sc1C. The fourth-order valence-electron chi connectivity index (χ4n) is 3.39. The molecular formula is C16H28N4O2S2. The average molecular weight is 373 g/mol. The Hall–Kier alpha value is -0.540. The van der Waals surface area contributed by atoms with Gasteiger partial charge >= 0.3 is 0 Å². The fourth-order valence-corrected chi connectivity index (χ4v) is 6.09. The first-order chi connectivity index (χ1) is 11.5. The molecule has 2 aliphatic rings. The van der Waals surface area contributed by atoms with Gasteiger partial charge in [-0.15, -0.1) is 11.3 Å². The molecule has 1 aromatic heterocycles. The zero-order chi connectivity index (χ0) is 17.2. The number of aromatic nitrogens is 1. The topological polar surface area (TPSA) is 56.8 Å². The maximum atomic E-state index is 12.8. The third kappa shape index (κ3) is 4.16. The van der Waals surface area contributed by atoms with E-state index in [0.29, 0.717) is 26.2 Å². The average Bonchev–Trinajstić information content (AvgIpc) is 2.76. The van der Waals surface area contributed by atoms with Crippen LogP contribution in [0.5, 0.6) is 0 Å². The number of hydrogen-bond acceptors (Lipinski definition) is 5. The number of aryl methyl sites for hydroxylation is 2. The Morgan fingerprint density at radius 3 is 2.25 bits per heavy atom. The van der Waals surface area contributed by atoms with Crippen LogP contribution in [0.15, 0.2) is 0 Å². The van der Waals surface area contributed by atoms with Crippen molar-refractivity contribution >= 4 is 21.5 Å². The summed E-state index contributed by atoms with van der Waals surface area (Å²) in [6.45, 7) is 9.27. The molecule has 1 aromatic rings. The Bertz CT molecular complexity index is 634. The van der Waals surface area contributed by atoms with Gasteiger partial charge in [0.1, 0.15) is 5.01 Å². The summed E-state index contributed by atoms with van der Waals surface area (Å²) in [7, 11) is -3.28. The van der Waals surface area contributed by atoms with E-state index in [0.717, 1.165) is 56.0 Å². The zero-order valence-corrected chi connectivity index (χ0v) is 16.3. The van der Waals surface area contributed by atoms with Crippen LogP contribution >= 0.6 is 11.3 Å². The van der Waals surface area contributed by atoms with E-state index >= 15 is 0 Å². The Balaban J connectivity index is 1.60. The monoisotopic (exact) mass is 372 g/mol. The highest BCUT2D eigenvalue weighted by molar-refractivity contribution is 7.86. The minimum Gasteiger partial charge on any atom is -0.295 e. The lowest BCUT2D eigenvalue weighted by molar-refractivity contribution is 0.272. The molecule has 24 heavy (non-hydrogen) atoms. The smallest absolute Gasteiger partial charge is 0.282 e. The first-order valence-electron chi connectivity index (χ1n) is 8.87. The number of hydrogen-bond donors (Lipinski definition) is 0. The molecule has 3 heterocycles. The Morgan fingerprint density at radius 1 is 0.917 bits per heavy atom. The highest BCUT2D eigenvalue weighted by atomic mass is 32.2. The summed E-state index contributed by atoms with van der Waals surface area (Å²) < 4.78 is 29.0. The third-order valence-corrected chi connectivity index (χ3v) is 8.04. The molecule has 0 aliphatic carbocycles. The lowest BCUT2D eigenvalue weighted by Crippen LogP contribution is -2.47. The third-order valence-electron chi connectivity index (χ3n) is 4.95. The molecule has 0 aromatic carbocycles. The van der Waals surface area contributed by atoms with Crippen LogP contribution in [0.25, 0.3) is 0 Å². The minimum atomic E-state index is -3.28. The lowest BCUT2D eigenvalue weighted by atomic mass is 10.2. The van der Waals surface area contributed by atoms with Crippen molar-refractivity contribution in [1.82, 2.24) is 18.5 Å². The summed E-state index contributed by atoms with van der Waals surface area (Å²) in [5.41, 5.74) is 1.11. The van der Waals surface area contributed by atoms with Crippen LogP contribution in [0.1, 0.15) is 41.3 Å². The number of piperidine rings is 1. The first kappa shape index (κ1) is 18.3. The predicted molar refractivity (Wildman–Crippen MR) is 97.4 cm³/mol. The van der Waals surface area contributed by atoms with Gasteiger partial charge in [0, 0.05) is 37.6 Å². The van der Waals surface area contributed by atoms with Crippen molar-refractivity contribution in [2.45, 2.75) is 46.1 Å². The molecule has 0 amide bonds. The van der Waals surface area contributed by atoms with Gasteiger partial charge in [-0.3, -0.25) is 4.90 Å². The van der Waals surface area contributed by atoms with Gasteiger partial charge in [-0.1, -0.05) is 6.42 Å². The van der Waals surface area contributed by atoms with Gasteiger partial charge in [0.2, 0.25) is 0 Å². The summed E-state index contributed by atoms with van der Waals surface area (Å²) in [4.78, 5) is 8.22. The largest absolute Gasteiger partial charge is 0.295 e. The molecule has 0 spiro atoms. The second-order valence-electron chi connectivity index (χ2n) is 6.75. The molecule has 0 atom stereocenters. The highest BCUT2D eigenvalue weighted by Crippen LogP contribution is 2.21. The van der Waals surface area contributed by atoms with Crippen molar-refractivity contribution in [3.8, 4) is 0 Å². The molecule has 0 radical (unpaired) electrons. The van der Waals surface area contributed by atoms with E-state index in [2.05, 4.69) is 16.8 Å². The van der Waals surface area contributed by atoms with Crippen LogP contribution in [0.2, 0.25) is 0 Å². The molecule has 0 bridgehead atoms. The summed E-state index contributed by atoms with van der Waals surface area (Å²) in [5, 5.41) is 1.14. The van der Waals surface area contributed by atoms with Crippen LogP contribution in [-0.4, -0.2) is 66.2 Å². The van der Waals surface area contributed by atoms with Gasteiger partial charge in [0.15, 0.2) is 0 Å². The second-order valence-corrected chi connectivity index (χ2v) is 9.96. The molecule has 6 nitrogen and oxygen atoms in total. The van der Waals surface area contributed by atoms with E-state index in [4.69, 9.17) is 0 Å². The van der Waals surface area contributed by atoms with Crippen LogP contribution in [-0.2, 0) is 16.8 Å². The molecule has 2 saturated heterocycles. The standard InChI is InChI=1S/C16H28N4O2S2/c1-14-15(2)23-16(17-14)13-18-7-6-10-20(12-11-18)24(21,22)19-8-4-3-5-9-19/h3-13H2,1-2H3. The van der Waals surface area contributed by atoms with Crippen LogP contribution < -0.4 is 0 Å². The zero-order valence-electron chi connectivity index (χ0n) is 14.7. The van der Waals surface area contributed by atoms with Gasteiger partial charge in [0.25, 0.3) is 10.2 Å². The molecule has 0 N–H and O–H groups in total. The predicted octanol–water partition coefficient (Wildman–Crippen LogP) is 2.00. The number of nitrogens with zero attached hydrogens (tertiary/aromatic N) is 4. The molecule has 8 heteroatoms. The van der Waals surface area contributed by atoms with Gasteiger partial charge in [-0.2, -0.15) is 17.0 Å². The van der Waals surface area contributed by atoms with E-state index in [9.17, 15) is 8.42 Å². The Kier molecular flexibility index (Phi) is 5.92. The Morgan fingerprint density at radius 2 is 1.58 bits per heavy atom. The number of thiazole rings is 1. The lowest BCUT2D eigenvalue weighted by Gasteiger charge is -2.31. The molecule has 0 saturated carbocycles. The number of rotatable bonds is 4. The van der Waals surface area contributed by atoms with Crippen molar-refractivity contribution in [2.75, 3.05) is 39.3 Å². The van der Waals surface area contributed by atoms with Crippen LogP contribution in [0.4, 0.5) is 0 Å². The van der Waals surface area contributed by atoms with Crippen molar-refractivity contribution in [3.05, 3.63) is 15.6 Å². The molecule has 2 fully saturated rings. The molecule has 2 aliphatic heterocycles. The van der Waals surface area contributed by atoms with E-state index in [1.807, 2.05) is 6.92 Å². The van der Waals surface area contributed by atoms with E-state index in [1.54, 1.807) is 19.9 Å². The molecular weight excluding hydrogens is 344 g/mol. The highest BCUT2D eigenvalue weighted by Gasteiger charge is 2.31. The van der Waals surface area contributed by atoms with E-state index < -0.39 is 10.2 Å². The van der Waals surface area contributed by atoms with Crippen molar-refractivity contribution < 1.29 is 8.42 Å². The summed E-state index contributed by atoms with van der Waals surface area (Å²) in [6, 6.07) is 0. The quantitative estimate of drug-likeness (QED) is 0.811. The second kappa shape index (κ2) is 7.78.